The van der Waals surface area contributed by atoms with E-state index < -0.39 is 53.6 Å². The number of rotatable bonds is 29. The molecule has 6 aromatic rings. The molecule has 4 aliphatic carbocycles. The Morgan fingerprint density at radius 1 is 0.816 bits per heavy atom. The number of carbonyl (C=O) groups is 7. The number of anilines is 5. The average Bonchev–Trinajstić information content (AvgIpc) is 0.936. The molecule has 3 aliphatic heterocycles. The predicted octanol–water partition coefficient (Wildman–Crippen LogP) is 9.17. The van der Waals surface area contributed by atoms with Crippen LogP contribution >= 0.6 is 11.3 Å². The minimum Gasteiger partial charge on any atom is -0.476 e. The number of quaternary nitrogens is 1. The summed E-state index contributed by atoms with van der Waals surface area (Å²) in [7, 11) is 0. The number of nitrogens with zero attached hydrogens (tertiary/aromatic N) is 9. The van der Waals surface area contributed by atoms with Gasteiger partial charge in [0.1, 0.15) is 31.0 Å². The number of benzene rings is 2. The van der Waals surface area contributed by atoms with Crippen LogP contribution in [0.15, 0.2) is 79.0 Å². The summed E-state index contributed by atoms with van der Waals surface area (Å²) in [6.45, 7) is 18.5. The van der Waals surface area contributed by atoms with Gasteiger partial charge in [0, 0.05) is 77.4 Å². The lowest BCUT2D eigenvalue weighted by Gasteiger charge is -2.69. The van der Waals surface area contributed by atoms with Crippen molar-refractivity contribution in [2.75, 3.05) is 74.6 Å². The van der Waals surface area contributed by atoms with E-state index in [2.05, 4.69) is 62.3 Å². The van der Waals surface area contributed by atoms with Gasteiger partial charge < -0.3 is 56.3 Å². The molecule has 2 unspecified atom stereocenters. The molecule has 25 nitrogen and oxygen atoms in total. The van der Waals surface area contributed by atoms with Gasteiger partial charge in [-0.3, -0.25) is 33.6 Å². The highest BCUT2D eigenvalue weighted by Crippen LogP contribution is 2.72. The third-order valence-electron chi connectivity index (χ3n) is 21.0. The number of pyridine rings is 1. The summed E-state index contributed by atoms with van der Waals surface area (Å²) < 4.78 is 17.0. The number of likely N-dealkylation sites (tertiary alicyclic amines) is 1. The van der Waals surface area contributed by atoms with Gasteiger partial charge in [0.2, 0.25) is 17.7 Å². The van der Waals surface area contributed by atoms with Crippen molar-refractivity contribution in [3.8, 4) is 11.1 Å². The number of hydrogen-bond acceptors (Lipinski definition) is 17. The van der Waals surface area contributed by atoms with Crippen LogP contribution in [0.1, 0.15) is 144 Å². The zero-order valence-corrected chi connectivity index (χ0v) is 57.9. The van der Waals surface area contributed by atoms with Gasteiger partial charge in [-0.15, -0.1) is 10.2 Å². The second-order valence-corrected chi connectivity index (χ2v) is 30.5. The Balaban J connectivity index is 0.677. The number of carboxylic acids is 1. The van der Waals surface area contributed by atoms with Gasteiger partial charge in [-0.2, -0.15) is 5.10 Å². The van der Waals surface area contributed by atoms with E-state index in [1.807, 2.05) is 73.5 Å². The zero-order chi connectivity index (χ0) is 69.2. The fourth-order valence-electron chi connectivity index (χ4n) is 17.6. The van der Waals surface area contributed by atoms with Gasteiger partial charge in [-0.05, 0) is 156 Å². The van der Waals surface area contributed by atoms with Gasteiger partial charge in [0.25, 0.3) is 11.8 Å². The van der Waals surface area contributed by atoms with Crippen molar-refractivity contribution in [2.24, 2.45) is 27.9 Å². The fourth-order valence-corrected chi connectivity index (χ4v) is 18.4. The first kappa shape index (κ1) is 69.2. The number of thiazole rings is 1. The number of hydrogen-bond donors (Lipinski definition) is 7. The summed E-state index contributed by atoms with van der Waals surface area (Å²) >= 11 is 1.56. The Hall–Kier alpha value is -8.72. The molecule has 98 heavy (non-hydrogen) atoms. The Kier molecular flexibility index (Phi) is 20.2. The molecule has 5 fully saturated rings. The number of amides is 7. The van der Waals surface area contributed by atoms with Crippen LogP contribution in [0.4, 0.5) is 33.1 Å². The van der Waals surface area contributed by atoms with E-state index in [-0.39, 0.29) is 72.6 Å². The number of nitrogens with two attached hydrogens (primary N) is 1. The molecule has 0 spiro atoms. The van der Waals surface area contributed by atoms with Crippen LogP contribution in [0.25, 0.3) is 21.3 Å². The molecule has 0 radical (unpaired) electrons. The quantitative estimate of drug-likeness (QED) is 0.0131. The first-order valence-corrected chi connectivity index (χ1v) is 35.4. The van der Waals surface area contributed by atoms with Crippen LogP contribution in [0.5, 0.6) is 0 Å². The maximum absolute atomic E-state index is 14.1. The highest BCUT2D eigenvalue weighted by molar-refractivity contribution is 7.22. The third kappa shape index (κ3) is 15.4. The number of para-hydroxylation sites is 1. The molecule has 4 aromatic heterocycles. The van der Waals surface area contributed by atoms with Crippen LogP contribution < -0.4 is 37.2 Å². The highest BCUT2D eigenvalue weighted by atomic mass is 32.1. The summed E-state index contributed by atoms with van der Waals surface area (Å²) in [5.74, 6) is -1.96. The standard InChI is InChI=1S/C72H91N15O10S/c1-45(2)60(80-57(88)26-33-96-34-29-85-58(89)24-25-59(85)90)65(92)77-54(16-12-27-74-67(73)95)64(91)76-49-20-18-48(19-21-49)37-87(30-10-7-11-31-87)32-35-97-72-41-69(5)38-70(6,42-72)40-71(39-69,43-72)44-86-47(4)52(36-75-86)51-22-23-56(79-61(51)66(93)94)84-28-13-14-50-46(3)62(82-83-63(50)84)81-68-78-53-15-8-9-17-55(53)98-68/h8-9,15,17-25,36,45,54,60H,7,10-14,16,26-35,37-44H2,1-6H3,(H7-,73,74,76,77,78,80,81,82,88,91,92,93,94,95)/p+1/t54-,60-,69-,70+,71?,72?/m0/s1. The van der Waals surface area contributed by atoms with E-state index in [9.17, 15) is 38.7 Å². The predicted molar refractivity (Wildman–Crippen MR) is 371 cm³/mol. The van der Waals surface area contributed by atoms with Gasteiger partial charge >= 0.3 is 12.0 Å². The minimum atomic E-state index is -1.12. The second kappa shape index (κ2) is 28.6. The largest absolute Gasteiger partial charge is 0.476 e. The summed E-state index contributed by atoms with van der Waals surface area (Å²) in [5, 5.41) is 40.5. The molecule has 6 atom stereocenters. The number of carboxylic acid groups (broad SMARTS) is 1. The van der Waals surface area contributed by atoms with Gasteiger partial charge in [0.05, 0.1) is 61.5 Å². The number of aromatic nitrogens is 6. The highest BCUT2D eigenvalue weighted by Gasteiger charge is 2.66. The molecule has 13 rings (SSSR count). The Bertz CT molecular complexity index is 3980. The fraction of sp³-hybridized carbons (Fsp3) is 0.528. The van der Waals surface area contributed by atoms with Crippen LogP contribution in [-0.4, -0.2) is 163 Å². The van der Waals surface area contributed by atoms with Gasteiger partial charge in [0.15, 0.2) is 22.5 Å². The van der Waals surface area contributed by atoms with E-state index >= 15 is 0 Å². The van der Waals surface area contributed by atoms with E-state index in [4.69, 9.17) is 35.4 Å². The number of fused-ring (bicyclic) bond motifs is 2. The lowest BCUT2D eigenvalue weighted by Crippen LogP contribution is -2.65. The number of ether oxygens (including phenoxy) is 2. The van der Waals surface area contributed by atoms with Crippen molar-refractivity contribution >= 4 is 91.4 Å². The van der Waals surface area contributed by atoms with Crippen molar-refractivity contribution in [3.63, 3.8) is 0 Å². The number of imide groups is 1. The molecule has 2 aromatic carbocycles. The monoisotopic (exact) mass is 1360 g/mol. The molecule has 26 heteroatoms. The molecular weight excluding hydrogens is 1270 g/mol. The van der Waals surface area contributed by atoms with Crippen LogP contribution in [0, 0.1) is 36.0 Å². The Morgan fingerprint density at radius 2 is 1.56 bits per heavy atom. The molecule has 8 N–H and O–H groups in total. The molecule has 520 valence electrons. The molecular formula is C72H92N15O10S+. The number of urea groups is 1. The molecule has 7 heterocycles. The average molecular weight is 1360 g/mol. The van der Waals surface area contributed by atoms with Gasteiger partial charge in [-0.1, -0.05) is 63.3 Å². The topological polar surface area (TPSA) is 320 Å². The second-order valence-electron chi connectivity index (χ2n) is 29.5. The number of piperidine rings is 1. The van der Waals surface area contributed by atoms with Crippen molar-refractivity contribution < 1.29 is 52.6 Å². The van der Waals surface area contributed by atoms with Crippen molar-refractivity contribution in [1.29, 1.82) is 0 Å². The van der Waals surface area contributed by atoms with E-state index in [0.717, 1.165) is 143 Å². The molecule has 7 amide bonds. The van der Waals surface area contributed by atoms with Crippen LogP contribution in [0.2, 0.25) is 0 Å². The number of nitrogens with one attached hydrogen (secondary N) is 5. The van der Waals surface area contributed by atoms with Crippen molar-refractivity contribution in [1.82, 2.24) is 50.8 Å². The summed E-state index contributed by atoms with van der Waals surface area (Å²) in [5.41, 5.74) is 11.8. The third-order valence-corrected chi connectivity index (χ3v) is 21.9. The summed E-state index contributed by atoms with van der Waals surface area (Å²) in [6.07, 6.45) is 15.9. The molecule has 1 saturated heterocycles. The SMILES string of the molecule is Cc1c(Nc2nc3ccccc3s2)nnc2c1CCCN2c1ccc(-c2cnn(CC34CC5(OCC[N+]6(Cc7ccc(NC(=O)[C@H](CCCNC(N)=O)NC(=O)[C@@H](NC(=O)CCOCCN8C(=O)C=CC8=O)C(C)C)cc7)CCCCC6)C[C@](C)(C3)C[C@](C)(C4)C5)c2C)c(C(=O)O)n1. The van der Waals surface area contributed by atoms with E-state index in [1.165, 1.54) is 18.6 Å². The Labute approximate surface area is 575 Å². The maximum Gasteiger partial charge on any atom is 0.355 e. The van der Waals surface area contributed by atoms with Crippen LogP contribution in [-0.2, 0) is 53.0 Å². The smallest absolute Gasteiger partial charge is 0.355 e. The Morgan fingerprint density at radius 3 is 2.28 bits per heavy atom. The van der Waals surface area contributed by atoms with Crippen molar-refractivity contribution in [2.45, 2.75) is 162 Å². The van der Waals surface area contributed by atoms with E-state index in [1.54, 1.807) is 25.2 Å². The normalized spacial score (nSPS) is 22.8. The number of primary amides is 1. The number of aromatic carboxylic acids is 1. The molecule has 4 saturated carbocycles. The van der Waals surface area contributed by atoms with Crippen molar-refractivity contribution in [3.05, 3.63) is 107 Å². The lowest BCUT2D eigenvalue weighted by atomic mass is 9.39. The van der Waals surface area contributed by atoms with E-state index in [0.29, 0.717) is 54.8 Å². The lowest BCUT2D eigenvalue weighted by molar-refractivity contribution is -0.945. The molecule has 7 aliphatic rings. The van der Waals surface area contributed by atoms with Gasteiger partial charge in [-0.25, -0.2) is 19.6 Å². The zero-order valence-electron chi connectivity index (χ0n) is 57.0. The summed E-state index contributed by atoms with van der Waals surface area (Å²) in [6, 6.07) is 16.9. The first-order chi connectivity index (χ1) is 46.9. The van der Waals surface area contributed by atoms with Crippen LogP contribution in [0.3, 0.4) is 0 Å². The molecule has 4 bridgehead atoms. The first-order valence-electron chi connectivity index (χ1n) is 34.6. The summed E-state index contributed by atoms with van der Waals surface area (Å²) in [4.78, 5) is 102. The minimum absolute atomic E-state index is 0.00688. The number of carbonyl (C=O) groups excluding carboxylic acids is 6. The maximum atomic E-state index is 14.1.